The van der Waals surface area contributed by atoms with Gasteiger partial charge in [0.2, 0.25) is 6.79 Å². The van der Waals surface area contributed by atoms with Crippen molar-refractivity contribution in [2.24, 2.45) is 0 Å². The Morgan fingerprint density at radius 1 is 0.923 bits per heavy atom. The maximum atomic E-state index is 12.4. The zero-order chi connectivity index (χ0) is 17.9. The summed E-state index contributed by atoms with van der Waals surface area (Å²) in [5.41, 5.74) is 2.11. The lowest BCUT2D eigenvalue weighted by atomic mass is 10.2. The van der Waals surface area contributed by atoms with Crippen molar-refractivity contribution in [2.75, 3.05) is 30.5 Å². The van der Waals surface area contributed by atoms with Crippen LogP contribution < -0.4 is 20.1 Å². The molecule has 134 valence electrons. The number of likely N-dealkylation sites (tertiary alicyclic amines) is 1. The molecule has 0 aliphatic carbocycles. The maximum absolute atomic E-state index is 12.4. The molecule has 2 aromatic carbocycles. The third-order valence-electron chi connectivity index (χ3n) is 4.42. The van der Waals surface area contributed by atoms with Gasteiger partial charge in [0.15, 0.2) is 16.6 Å². The molecule has 1 saturated heterocycles. The number of amides is 1. The van der Waals surface area contributed by atoms with Gasteiger partial charge in [-0.1, -0.05) is 0 Å². The van der Waals surface area contributed by atoms with Crippen LogP contribution in [0, 0.1) is 0 Å². The first-order valence-electron chi connectivity index (χ1n) is 8.56. The molecule has 2 aromatic rings. The Labute approximate surface area is 157 Å². The molecular weight excluding hydrogens is 350 g/mol. The third-order valence-corrected chi connectivity index (χ3v) is 4.78. The molecule has 0 atom stereocenters. The molecule has 0 saturated carbocycles. The van der Waals surface area contributed by atoms with E-state index >= 15 is 0 Å². The first-order chi connectivity index (χ1) is 12.7. The molecule has 26 heavy (non-hydrogen) atoms. The summed E-state index contributed by atoms with van der Waals surface area (Å²) in [6, 6.07) is 12.6. The van der Waals surface area contributed by atoms with Crippen LogP contribution in [0.4, 0.5) is 11.4 Å². The first-order valence-corrected chi connectivity index (χ1v) is 8.97. The van der Waals surface area contributed by atoms with Gasteiger partial charge in [-0.15, -0.1) is 0 Å². The van der Waals surface area contributed by atoms with Crippen molar-refractivity contribution in [3.8, 4) is 11.5 Å². The second kappa shape index (κ2) is 7.21. The van der Waals surface area contributed by atoms with E-state index in [0.29, 0.717) is 22.7 Å². The Morgan fingerprint density at radius 2 is 1.62 bits per heavy atom. The van der Waals surface area contributed by atoms with Gasteiger partial charge >= 0.3 is 0 Å². The van der Waals surface area contributed by atoms with Crippen molar-refractivity contribution < 1.29 is 14.3 Å². The zero-order valence-corrected chi connectivity index (χ0v) is 15.0. The highest BCUT2D eigenvalue weighted by Gasteiger charge is 2.16. The number of rotatable bonds is 3. The van der Waals surface area contributed by atoms with Crippen molar-refractivity contribution >= 4 is 34.6 Å². The quantitative estimate of drug-likeness (QED) is 0.808. The summed E-state index contributed by atoms with van der Waals surface area (Å²) in [6.07, 6.45) is 2.36. The lowest BCUT2D eigenvalue weighted by Gasteiger charge is -2.19. The predicted octanol–water partition coefficient (Wildman–Crippen LogP) is 3.46. The minimum Gasteiger partial charge on any atom is -0.454 e. The largest absolute Gasteiger partial charge is 0.454 e. The Hall–Kier alpha value is -2.80. The number of nitrogens with zero attached hydrogens (tertiary/aromatic N) is 1. The summed E-state index contributed by atoms with van der Waals surface area (Å²) in [4.78, 5) is 14.6. The number of fused-ring (bicyclic) bond motifs is 1. The Morgan fingerprint density at radius 3 is 2.38 bits per heavy atom. The number of ether oxygens (including phenoxy) is 2. The molecule has 2 aliphatic heterocycles. The Balaban J connectivity index is 1.38. The number of nitrogens with one attached hydrogen (secondary N) is 2. The molecule has 0 bridgehead atoms. The van der Waals surface area contributed by atoms with Gasteiger partial charge in [0.25, 0.3) is 5.91 Å². The lowest BCUT2D eigenvalue weighted by Crippen LogP contribution is -2.31. The fourth-order valence-corrected chi connectivity index (χ4v) is 3.31. The molecule has 6 nitrogen and oxygen atoms in total. The van der Waals surface area contributed by atoms with Gasteiger partial charge in [-0.3, -0.25) is 4.79 Å². The van der Waals surface area contributed by atoms with E-state index in [4.69, 9.17) is 21.7 Å². The molecule has 0 aromatic heterocycles. The van der Waals surface area contributed by atoms with Crippen molar-refractivity contribution in [3.05, 3.63) is 48.0 Å². The summed E-state index contributed by atoms with van der Waals surface area (Å²) in [5, 5.41) is 6.82. The Kier molecular flexibility index (Phi) is 4.62. The van der Waals surface area contributed by atoms with Crippen LogP contribution in [0.2, 0.25) is 0 Å². The summed E-state index contributed by atoms with van der Waals surface area (Å²) in [5.74, 6) is 1.14. The summed E-state index contributed by atoms with van der Waals surface area (Å²) in [6.45, 7) is 2.21. The van der Waals surface area contributed by atoms with Gasteiger partial charge in [0, 0.05) is 36.1 Å². The minimum absolute atomic E-state index is 0.183. The van der Waals surface area contributed by atoms with Crippen molar-refractivity contribution in [2.45, 2.75) is 12.8 Å². The van der Waals surface area contributed by atoms with Crippen LogP contribution in [0.15, 0.2) is 42.5 Å². The van der Waals surface area contributed by atoms with Crippen LogP contribution in [0.3, 0.4) is 0 Å². The van der Waals surface area contributed by atoms with Crippen LogP contribution in [-0.2, 0) is 0 Å². The maximum Gasteiger partial charge on any atom is 0.255 e. The van der Waals surface area contributed by atoms with Gasteiger partial charge in [-0.25, -0.2) is 0 Å². The van der Waals surface area contributed by atoms with E-state index < -0.39 is 0 Å². The van der Waals surface area contributed by atoms with Crippen LogP contribution in [0.5, 0.6) is 11.5 Å². The van der Waals surface area contributed by atoms with E-state index in [9.17, 15) is 4.79 Å². The monoisotopic (exact) mass is 369 g/mol. The van der Waals surface area contributed by atoms with Gasteiger partial charge in [-0.05, 0) is 61.5 Å². The molecule has 1 amide bonds. The van der Waals surface area contributed by atoms with Gasteiger partial charge < -0.3 is 25.0 Å². The van der Waals surface area contributed by atoms with Crippen molar-refractivity contribution in [1.29, 1.82) is 0 Å². The number of benzene rings is 2. The molecule has 1 fully saturated rings. The highest BCUT2D eigenvalue weighted by Crippen LogP contribution is 2.34. The molecular formula is C19H19N3O3S. The summed E-state index contributed by atoms with van der Waals surface area (Å²) in [7, 11) is 0. The minimum atomic E-state index is -0.183. The highest BCUT2D eigenvalue weighted by molar-refractivity contribution is 7.80. The Bertz CT molecular complexity index is 832. The summed E-state index contributed by atoms with van der Waals surface area (Å²) < 4.78 is 10.6. The standard InChI is InChI=1S/C19H19N3O3S/c23-18(20-15-7-8-16-17(11-15)25-12-24-16)13-3-5-14(6-4-13)21-19(26)22-9-1-2-10-22/h3-8,11H,1-2,9-10,12H2,(H,20,23)(H,21,26). The normalized spacial score (nSPS) is 15.0. The van der Waals surface area contributed by atoms with E-state index in [2.05, 4.69) is 15.5 Å². The molecule has 7 heteroatoms. The van der Waals surface area contributed by atoms with Gasteiger partial charge in [0.1, 0.15) is 0 Å². The summed E-state index contributed by atoms with van der Waals surface area (Å²) >= 11 is 5.42. The average Bonchev–Trinajstić information content (AvgIpc) is 3.33. The number of thiocarbonyl (C=S) groups is 1. The zero-order valence-electron chi connectivity index (χ0n) is 14.2. The molecule has 0 radical (unpaired) electrons. The lowest BCUT2D eigenvalue weighted by molar-refractivity contribution is 0.102. The van der Waals surface area contributed by atoms with Crippen LogP contribution in [0.1, 0.15) is 23.2 Å². The highest BCUT2D eigenvalue weighted by atomic mass is 32.1. The van der Waals surface area contributed by atoms with Crippen molar-refractivity contribution in [3.63, 3.8) is 0 Å². The van der Waals surface area contributed by atoms with E-state index in [1.54, 1.807) is 30.3 Å². The van der Waals surface area contributed by atoms with E-state index in [0.717, 1.165) is 23.9 Å². The second-order valence-corrected chi connectivity index (χ2v) is 6.61. The number of carbonyl (C=O) groups excluding carboxylic acids is 1. The fourth-order valence-electron chi connectivity index (χ4n) is 3.01. The third kappa shape index (κ3) is 3.57. The van der Waals surface area contributed by atoms with Crippen LogP contribution in [0.25, 0.3) is 0 Å². The molecule has 2 N–H and O–H groups in total. The van der Waals surface area contributed by atoms with Gasteiger partial charge in [0.05, 0.1) is 0 Å². The number of hydrogen-bond acceptors (Lipinski definition) is 4. The molecule has 0 spiro atoms. The fraction of sp³-hybridized carbons (Fsp3) is 0.263. The molecule has 0 unspecified atom stereocenters. The number of anilines is 2. The number of hydrogen-bond donors (Lipinski definition) is 2. The number of carbonyl (C=O) groups is 1. The van der Waals surface area contributed by atoms with E-state index in [1.807, 2.05) is 12.1 Å². The smallest absolute Gasteiger partial charge is 0.255 e. The van der Waals surface area contributed by atoms with Crippen LogP contribution in [-0.4, -0.2) is 35.8 Å². The van der Waals surface area contributed by atoms with E-state index in [1.165, 1.54) is 12.8 Å². The molecule has 2 aliphatic rings. The average molecular weight is 369 g/mol. The SMILES string of the molecule is O=C(Nc1ccc2c(c1)OCO2)c1ccc(NC(=S)N2CCCC2)cc1. The topological polar surface area (TPSA) is 62.8 Å². The molecule has 2 heterocycles. The van der Waals surface area contributed by atoms with Crippen molar-refractivity contribution in [1.82, 2.24) is 4.90 Å². The predicted molar refractivity (Wildman–Crippen MR) is 104 cm³/mol. The van der Waals surface area contributed by atoms with Gasteiger partial charge in [-0.2, -0.15) is 0 Å². The van der Waals surface area contributed by atoms with E-state index in [-0.39, 0.29) is 12.7 Å². The molecule has 4 rings (SSSR count). The first kappa shape index (κ1) is 16.7. The second-order valence-electron chi connectivity index (χ2n) is 6.22. The van der Waals surface area contributed by atoms with Crippen LogP contribution >= 0.6 is 12.2 Å².